The average Bonchev–Trinajstić information content (AvgIpc) is 2.44. The van der Waals surface area contributed by atoms with Crippen LogP contribution in [-0.2, 0) is 6.54 Å². The van der Waals surface area contributed by atoms with Crippen LogP contribution >= 0.6 is 15.9 Å². The molecule has 0 atom stereocenters. The van der Waals surface area contributed by atoms with Crippen molar-refractivity contribution in [3.8, 4) is 11.6 Å². The van der Waals surface area contributed by atoms with Crippen LogP contribution in [0.15, 0.2) is 41.0 Å². The lowest BCUT2D eigenvalue weighted by Gasteiger charge is -2.09. The minimum Gasteiger partial charge on any atom is -0.438 e. The third-order valence-corrected chi connectivity index (χ3v) is 3.44. The van der Waals surface area contributed by atoms with E-state index in [2.05, 4.69) is 40.1 Å². The van der Waals surface area contributed by atoms with Gasteiger partial charge in [0.15, 0.2) is 0 Å². The van der Waals surface area contributed by atoms with Crippen molar-refractivity contribution < 1.29 is 9.13 Å². The van der Waals surface area contributed by atoms with Crippen molar-refractivity contribution in [2.24, 2.45) is 5.92 Å². The molecular weight excluding hydrogens is 335 g/mol. The number of nitrogens with zero attached hydrogens (tertiary/aromatic N) is 1. The zero-order valence-electron chi connectivity index (χ0n) is 12.1. The van der Waals surface area contributed by atoms with Crippen LogP contribution in [0.25, 0.3) is 0 Å². The minimum absolute atomic E-state index is 0.345. The van der Waals surface area contributed by atoms with Crippen molar-refractivity contribution in [2.75, 3.05) is 6.54 Å². The molecule has 0 aliphatic carbocycles. The quantitative estimate of drug-likeness (QED) is 0.829. The molecule has 1 aromatic heterocycles. The number of nitrogens with one attached hydrogen (secondary N) is 1. The third kappa shape index (κ3) is 5.10. The van der Waals surface area contributed by atoms with Gasteiger partial charge in [0.25, 0.3) is 0 Å². The second kappa shape index (κ2) is 7.52. The molecule has 3 nitrogen and oxygen atoms in total. The molecule has 0 fully saturated rings. The Balaban J connectivity index is 1.97. The Labute approximate surface area is 132 Å². The maximum absolute atomic E-state index is 13.2. The summed E-state index contributed by atoms with van der Waals surface area (Å²) in [5.74, 6) is 1.12. The van der Waals surface area contributed by atoms with E-state index < -0.39 is 0 Å². The molecule has 0 aliphatic heterocycles. The lowest BCUT2D eigenvalue weighted by molar-refractivity contribution is 0.454. The summed E-state index contributed by atoms with van der Waals surface area (Å²) in [6.45, 7) is 6.07. The van der Waals surface area contributed by atoms with Crippen LogP contribution in [0.2, 0.25) is 0 Å². The SMILES string of the molecule is CC(C)CNCc1ccc(Oc2cc(F)ccc2Br)nc1. The Kier molecular flexibility index (Phi) is 5.70. The zero-order chi connectivity index (χ0) is 15.2. The normalized spacial score (nSPS) is 10.9. The molecule has 2 aromatic rings. The van der Waals surface area contributed by atoms with Gasteiger partial charge in [0.2, 0.25) is 5.88 Å². The number of halogens is 2. The molecule has 0 radical (unpaired) electrons. The van der Waals surface area contributed by atoms with E-state index in [1.54, 1.807) is 18.3 Å². The van der Waals surface area contributed by atoms with E-state index in [-0.39, 0.29) is 5.82 Å². The highest BCUT2D eigenvalue weighted by atomic mass is 79.9. The highest BCUT2D eigenvalue weighted by Crippen LogP contribution is 2.29. The smallest absolute Gasteiger partial charge is 0.219 e. The summed E-state index contributed by atoms with van der Waals surface area (Å²) in [5, 5.41) is 3.35. The Bertz CT molecular complexity index is 587. The lowest BCUT2D eigenvalue weighted by Crippen LogP contribution is -2.18. The molecule has 5 heteroatoms. The summed E-state index contributed by atoms with van der Waals surface area (Å²) in [4.78, 5) is 4.24. The fourth-order valence-electron chi connectivity index (χ4n) is 1.75. The van der Waals surface area contributed by atoms with Gasteiger partial charge in [0.05, 0.1) is 4.47 Å². The zero-order valence-corrected chi connectivity index (χ0v) is 13.7. The number of rotatable bonds is 6. The molecule has 1 N–H and O–H groups in total. The number of pyridine rings is 1. The van der Waals surface area contributed by atoms with Crippen LogP contribution < -0.4 is 10.1 Å². The van der Waals surface area contributed by atoms with Crippen LogP contribution in [0.3, 0.4) is 0 Å². The fraction of sp³-hybridized carbons (Fsp3) is 0.312. The van der Waals surface area contributed by atoms with Crippen LogP contribution in [0, 0.1) is 11.7 Å². The number of ether oxygens (including phenoxy) is 1. The average molecular weight is 353 g/mol. The number of benzene rings is 1. The van der Waals surface area contributed by atoms with Gasteiger partial charge in [-0.3, -0.25) is 0 Å². The first kappa shape index (κ1) is 15.9. The number of aromatic nitrogens is 1. The van der Waals surface area contributed by atoms with Gasteiger partial charge in [-0.1, -0.05) is 19.9 Å². The highest BCUT2D eigenvalue weighted by Gasteiger charge is 2.05. The minimum atomic E-state index is -0.345. The van der Waals surface area contributed by atoms with Crippen LogP contribution in [0.5, 0.6) is 11.6 Å². The monoisotopic (exact) mass is 352 g/mol. The van der Waals surface area contributed by atoms with E-state index in [0.717, 1.165) is 18.7 Å². The molecule has 0 saturated heterocycles. The van der Waals surface area contributed by atoms with Gasteiger partial charge < -0.3 is 10.1 Å². The Morgan fingerprint density at radius 1 is 1.29 bits per heavy atom. The van der Waals surface area contributed by atoms with Crippen LogP contribution in [0.1, 0.15) is 19.4 Å². The van der Waals surface area contributed by atoms with Crippen LogP contribution in [-0.4, -0.2) is 11.5 Å². The maximum Gasteiger partial charge on any atom is 0.219 e. The molecule has 0 saturated carbocycles. The van der Waals surface area contributed by atoms with E-state index in [9.17, 15) is 4.39 Å². The van der Waals surface area contributed by atoms with Crippen molar-refractivity contribution in [1.82, 2.24) is 10.3 Å². The Morgan fingerprint density at radius 2 is 2.10 bits per heavy atom. The molecule has 2 rings (SSSR count). The van der Waals surface area contributed by atoms with Crippen molar-refractivity contribution in [1.29, 1.82) is 0 Å². The second-order valence-electron chi connectivity index (χ2n) is 5.21. The van der Waals surface area contributed by atoms with Gasteiger partial charge in [-0.25, -0.2) is 9.37 Å². The van der Waals surface area contributed by atoms with Gasteiger partial charge in [-0.05, 0) is 46.1 Å². The predicted octanol–water partition coefficient (Wildman–Crippen LogP) is 4.52. The number of hydrogen-bond donors (Lipinski definition) is 1. The first-order chi connectivity index (χ1) is 10.0. The highest BCUT2D eigenvalue weighted by molar-refractivity contribution is 9.10. The van der Waals surface area contributed by atoms with E-state index in [1.807, 2.05) is 6.07 Å². The maximum atomic E-state index is 13.2. The Hall–Kier alpha value is -1.46. The van der Waals surface area contributed by atoms with E-state index in [0.29, 0.717) is 22.0 Å². The van der Waals surface area contributed by atoms with Crippen molar-refractivity contribution in [3.63, 3.8) is 0 Å². The summed E-state index contributed by atoms with van der Waals surface area (Å²) in [6.07, 6.45) is 1.76. The van der Waals surface area contributed by atoms with Crippen molar-refractivity contribution >= 4 is 15.9 Å². The van der Waals surface area contributed by atoms with Gasteiger partial charge in [-0.2, -0.15) is 0 Å². The lowest BCUT2D eigenvalue weighted by atomic mass is 10.2. The molecule has 0 bridgehead atoms. The largest absolute Gasteiger partial charge is 0.438 e. The third-order valence-electron chi connectivity index (χ3n) is 2.79. The van der Waals surface area contributed by atoms with E-state index in [4.69, 9.17) is 4.74 Å². The molecule has 0 aliphatic rings. The van der Waals surface area contributed by atoms with Gasteiger partial charge in [-0.15, -0.1) is 0 Å². The summed E-state index contributed by atoms with van der Waals surface area (Å²) in [5.41, 5.74) is 1.08. The first-order valence-corrected chi connectivity index (χ1v) is 7.62. The van der Waals surface area contributed by atoms with Crippen LogP contribution in [0.4, 0.5) is 4.39 Å². The van der Waals surface area contributed by atoms with Gasteiger partial charge in [0, 0.05) is 24.9 Å². The molecule has 0 spiro atoms. The fourth-order valence-corrected chi connectivity index (χ4v) is 2.08. The molecule has 0 unspecified atom stereocenters. The summed E-state index contributed by atoms with van der Waals surface area (Å²) in [6, 6.07) is 8.03. The standard InChI is InChI=1S/C16H18BrFN2O/c1-11(2)8-19-9-12-3-6-16(20-10-12)21-15-7-13(18)4-5-14(15)17/h3-7,10-11,19H,8-9H2,1-2H3. The molecule has 0 amide bonds. The summed E-state index contributed by atoms with van der Waals surface area (Å²) >= 11 is 3.32. The van der Waals surface area contributed by atoms with Crippen molar-refractivity contribution in [2.45, 2.75) is 20.4 Å². The van der Waals surface area contributed by atoms with Crippen molar-refractivity contribution in [3.05, 3.63) is 52.4 Å². The topological polar surface area (TPSA) is 34.1 Å². The molecular formula is C16H18BrFN2O. The molecule has 21 heavy (non-hydrogen) atoms. The number of hydrogen-bond acceptors (Lipinski definition) is 3. The van der Waals surface area contributed by atoms with E-state index in [1.165, 1.54) is 12.1 Å². The molecule has 112 valence electrons. The Morgan fingerprint density at radius 3 is 2.76 bits per heavy atom. The van der Waals surface area contributed by atoms with Gasteiger partial charge >= 0.3 is 0 Å². The predicted molar refractivity (Wildman–Crippen MR) is 85.0 cm³/mol. The summed E-state index contributed by atoms with van der Waals surface area (Å²) in [7, 11) is 0. The van der Waals surface area contributed by atoms with Gasteiger partial charge in [0.1, 0.15) is 11.6 Å². The molecule has 1 heterocycles. The summed E-state index contributed by atoms with van der Waals surface area (Å²) < 4.78 is 19.4. The second-order valence-corrected chi connectivity index (χ2v) is 6.06. The van der Waals surface area contributed by atoms with E-state index >= 15 is 0 Å². The first-order valence-electron chi connectivity index (χ1n) is 6.83. The molecule has 1 aromatic carbocycles.